The second kappa shape index (κ2) is 5.01. The molecule has 1 aromatic carbocycles. The van der Waals surface area contributed by atoms with E-state index in [-0.39, 0.29) is 5.56 Å². The molecule has 3 rings (SSSR count). The number of aromatic carboxylic acids is 1. The number of fused-ring (bicyclic) bond motifs is 1. The number of para-hydroxylation sites is 1. The van der Waals surface area contributed by atoms with Crippen molar-refractivity contribution in [3.63, 3.8) is 0 Å². The van der Waals surface area contributed by atoms with E-state index < -0.39 is 5.97 Å². The minimum atomic E-state index is -0.938. The monoisotopic (exact) mass is 281 g/mol. The number of aromatic nitrogens is 3. The molecular weight excluding hydrogens is 266 g/mol. The van der Waals surface area contributed by atoms with Gasteiger partial charge >= 0.3 is 5.97 Å². The van der Waals surface area contributed by atoms with E-state index in [4.69, 9.17) is 0 Å². The summed E-state index contributed by atoms with van der Waals surface area (Å²) in [6.45, 7) is 4.00. The number of pyridine rings is 1. The Balaban J connectivity index is 2.07. The van der Waals surface area contributed by atoms with Gasteiger partial charge in [0.1, 0.15) is 5.56 Å². The molecule has 0 aliphatic rings. The van der Waals surface area contributed by atoms with Gasteiger partial charge in [-0.1, -0.05) is 24.3 Å². The fraction of sp³-hybridized carbons (Fsp3) is 0.188. The second-order valence-electron chi connectivity index (χ2n) is 5.00. The lowest BCUT2D eigenvalue weighted by Gasteiger charge is -2.07. The molecule has 0 saturated carbocycles. The molecular formula is C16H15N3O2. The summed E-state index contributed by atoms with van der Waals surface area (Å²) in [7, 11) is 0. The number of carbonyl (C=O) groups is 1. The average Bonchev–Trinajstić information content (AvgIpc) is 2.74. The Morgan fingerprint density at radius 3 is 2.71 bits per heavy atom. The standard InChI is InChI=1S/C16H15N3O2/c1-10-14(16(20)21)11(2)19(18-10)9-13-6-3-5-12-7-4-8-17-15(12)13/h3-8H,9H2,1-2H3,(H,20,21). The van der Waals surface area contributed by atoms with Crippen LogP contribution in [0.5, 0.6) is 0 Å². The lowest BCUT2D eigenvalue weighted by Crippen LogP contribution is -2.06. The normalized spacial score (nSPS) is 11.0. The van der Waals surface area contributed by atoms with Crippen LogP contribution < -0.4 is 0 Å². The van der Waals surface area contributed by atoms with Crippen molar-refractivity contribution >= 4 is 16.9 Å². The topological polar surface area (TPSA) is 68.0 Å². The molecule has 5 heteroatoms. The molecule has 0 aliphatic heterocycles. The molecule has 0 atom stereocenters. The van der Waals surface area contributed by atoms with Crippen molar-refractivity contribution in [1.29, 1.82) is 0 Å². The minimum absolute atomic E-state index is 0.281. The highest BCUT2D eigenvalue weighted by atomic mass is 16.4. The molecule has 0 fully saturated rings. The van der Waals surface area contributed by atoms with Gasteiger partial charge in [-0.25, -0.2) is 4.79 Å². The molecule has 21 heavy (non-hydrogen) atoms. The third kappa shape index (κ3) is 2.27. The Hall–Kier alpha value is -2.69. The van der Waals surface area contributed by atoms with Gasteiger partial charge in [-0.2, -0.15) is 5.10 Å². The molecule has 0 bridgehead atoms. The zero-order chi connectivity index (χ0) is 15.0. The Morgan fingerprint density at radius 1 is 1.24 bits per heavy atom. The Bertz CT molecular complexity index is 831. The van der Waals surface area contributed by atoms with Crippen LogP contribution in [0.25, 0.3) is 10.9 Å². The van der Waals surface area contributed by atoms with Crippen LogP contribution in [0.3, 0.4) is 0 Å². The maximum Gasteiger partial charge on any atom is 0.339 e. The van der Waals surface area contributed by atoms with Crippen LogP contribution in [-0.4, -0.2) is 25.8 Å². The van der Waals surface area contributed by atoms with Gasteiger partial charge in [0.2, 0.25) is 0 Å². The van der Waals surface area contributed by atoms with E-state index in [0.29, 0.717) is 17.9 Å². The molecule has 0 unspecified atom stereocenters. The Labute approximate surface area is 121 Å². The predicted octanol–water partition coefficient (Wildman–Crippen LogP) is 2.79. The highest BCUT2D eigenvalue weighted by Gasteiger charge is 2.18. The van der Waals surface area contributed by atoms with Crippen molar-refractivity contribution in [2.45, 2.75) is 20.4 Å². The molecule has 3 aromatic rings. The third-order valence-corrected chi connectivity index (χ3v) is 3.63. The highest BCUT2D eigenvalue weighted by molar-refractivity contribution is 5.90. The molecule has 0 amide bonds. The van der Waals surface area contributed by atoms with Gasteiger partial charge in [-0.05, 0) is 25.5 Å². The van der Waals surface area contributed by atoms with Crippen LogP contribution in [0.15, 0.2) is 36.5 Å². The number of carboxylic acids is 1. The van der Waals surface area contributed by atoms with Crippen molar-refractivity contribution in [1.82, 2.24) is 14.8 Å². The van der Waals surface area contributed by atoms with Crippen LogP contribution >= 0.6 is 0 Å². The minimum Gasteiger partial charge on any atom is -0.478 e. The van der Waals surface area contributed by atoms with Crippen molar-refractivity contribution in [2.24, 2.45) is 0 Å². The zero-order valence-electron chi connectivity index (χ0n) is 11.9. The molecule has 5 nitrogen and oxygen atoms in total. The molecule has 0 aliphatic carbocycles. The second-order valence-corrected chi connectivity index (χ2v) is 5.00. The lowest BCUT2D eigenvalue weighted by molar-refractivity contribution is 0.0695. The van der Waals surface area contributed by atoms with Crippen molar-refractivity contribution in [3.8, 4) is 0 Å². The maximum absolute atomic E-state index is 11.3. The van der Waals surface area contributed by atoms with E-state index in [9.17, 15) is 9.90 Å². The van der Waals surface area contributed by atoms with E-state index in [1.54, 1.807) is 24.7 Å². The molecule has 106 valence electrons. The third-order valence-electron chi connectivity index (χ3n) is 3.63. The number of rotatable bonds is 3. The number of benzene rings is 1. The Kier molecular flexibility index (Phi) is 3.17. The van der Waals surface area contributed by atoms with Crippen molar-refractivity contribution < 1.29 is 9.90 Å². The number of hydrogen-bond donors (Lipinski definition) is 1. The van der Waals surface area contributed by atoms with Crippen molar-refractivity contribution in [3.05, 3.63) is 59.0 Å². The summed E-state index contributed by atoms with van der Waals surface area (Å²) in [4.78, 5) is 15.7. The largest absolute Gasteiger partial charge is 0.478 e. The number of carboxylic acid groups (broad SMARTS) is 1. The van der Waals surface area contributed by atoms with Gasteiger partial charge in [0.25, 0.3) is 0 Å². The van der Waals surface area contributed by atoms with Crippen LogP contribution in [0.4, 0.5) is 0 Å². The van der Waals surface area contributed by atoms with Crippen LogP contribution in [0.1, 0.15) is 27.3 Å². The molecule has 0 spiro atoms. The summed E-state index contributed by atoms with van der Waals surface area (Å²) in [5.74, 6) is -0.938. The molecule has 0 saturated heterocycles. The number of hydrogen-bond acceptors (Lipinski definition) is 3. The first-order valence-corrected chi connectivity index (χ1v) is 6.68. The van der Waals surface area contributed by atoms with Gasteiger partial charge in [-0.3, -0.25) is 9.67 Å². The van der Waals surface area contributed by atoms with Crippen LogP contribution in [-0.2, 0) is 6.54 Å². The van der Waals surface area contributed by atoms with E-state index in [1.165, 1.54) is 0 Å². The molecule has 2 heterocycles. The van der Waals surface area contributed by atoms with Gasteiger partial charge in [0.15, 0.2) is 0 Å². The van der Waals surface area contributed by atoms with Gasteiger partial charge in [0.05, 0.1) is 23.4 Å². The fourth-order valence-electron chi connectivity index (χ4n) is 2.62. The summed E-state index contributed by atoms with van der Waals surface area (Å²) < 4.78 is 1.72. The summed E-state index contributed by atoms with van der Waals surface area (Å²) in [6, 6.07) is 9.89. The highest BCUT2D eigenvalue weighted by Crippen LogP contribution is 2.19. The van der Waals surface area contributed by atoms with Gasteiger partial charge in [0, 0.05) is 11.6 Å². The van der Waals surface area contributed by atoms with E-state index in [0.717, 1.165) is 16.5 Å². The first-order valence-electron chi connectivity index (χ1n) is 6.68. The van der Waals surface area contributed by atoms with E-state index >= 15 is 0 Å². The van der Waals surface area contributed by atoms with E-state index in [2.05, 4.69) is 10.1 Å². The quantitative estimate of drug-likeness (QED) is 0.801. The van der Waals surface area contributed by atoms with Crippen LogP contribution in [0.2, 0.25) is 0 Å². The number of nitrogens with zero attached hydrogens (tertiary/aromatic N) is 3. The SMILES string of the molecule is Cc1nn(Cc2cccc3cccnc23)c(C)c1C(=O)O. The zero-order valence-corrected chi connectivity index (χ0v) is 11.9. The van der Waals surface area contributed by atoms with Gasteiger partial charge < -0.3 is 5.11 Å². The molecule has 0 radical (unpaired) electrons. The maximum atomic E-state index is 11.3. The summed E-state index contributed by atoms with van der Waals surface area (Å²) >= 11 is 0. The van der Waals surface area contributed by atoms with Crippen LogP contribution in [0, 0.1) is 13.8 Å². The lowest BCUT2D eigenvalue weighted by atomic mass is 10.1. The first kappa shape index (κ1) is 13.3. The van der Waals surface area contributed by atoms with Crippen molar-refractivity contribution in [2.75, 3.05) is 0 Å². The summed E-state index contributed by atoms with van der Waals surface area (Å²) in [6.07, 6.45) is 1.76. The first-order chi connectivity index (χ1) is 10.1. The fourth-order valence-corrected chi connectivity index (χ4v) is 2.62. The smallest absolute Gasteiger partial charge is 0.339 e. The van der Waals surface area contributed by atoms with Gasteiger partial charge in [-0.15, -0.1) is 0 Å². The average molecular weight is 281 g/mol. The molecule has 1 N–H and O–H groups in total. The Morgan fingerprint density at radius 2 is 2.00 bits per heavy atom. The van der Waals surface area contributed by atoms with E-state index in [1.807, 2.05) is 30.3 Å². The number of aryl methyl sites for hydroxylation is 1. The predicted molar refractivity (Wildman–Crippen MR) is 79.5 cm³/mol. The molecule has 2 aromatic heterocycles. The summed E-state index contributed by atoms with van der Waals surface area (Å²) in [5.41, 5.74) is 3.42. The summed E-state index contributed by atoms with van der Waals surface area (Å²) in [5, 5.41) is 14.6.